The maximum absolute atomic E-state index is 5.79. The van der Waals surface area contributed by atoms with Gasteiger partial charge in [-0.2, -0.15) is 0 Å². The van der Waals surface area contributed by atoms with E-state index in [0.717, 1.165) is 6.54 Å². The van der Waals surface area contributed by atoms with Gasteiger partial charge in [-0.25, -0.2) is 0 Å². The first-order valence-electron chi connectivity index (χ1n) is 5.68. The fraction of sp³-hybridized carbons (Fsp3) is 1.00. The number of nitrogens with zero attached hydrogens (tertiary/aromatic N) is 1. The molecule has 0 aliphatic heterocycles. The van der Waals surface area contributed by atoms with Crippen molar-refractivity contribution in [2.24, 2.45) is 11.1 Å². The lowest BCUT2D eigenvalue weighted by Gasteiger charge is -2.41. The van der Waals surface area contributed by atoms with Gasteiger partial charge >= 0.3 is 0 Å². The highest BCUT2D eigenvalue weighted by Crippen LogP contribution is 2.30. The lowest BCUT2D eigenvalue weighted by molar-refractivity contribution is 0.0795. The van der Waals surface area contributed by atoms with E-state index in [-0.39, 0.29) is 5.54 Å². The maximum atomic E-state index is 5.79. The molecule has 0 aromatic rings. The highest BCUT2D eigenvalue weighted by molar-refractivity contribution is 4.85. The molecule has 0 fully saturated rings. The van der Waals surface area contributed by atoms with E-state index in [1.165, 1.54) is 12.8 Å². The Labute approximate surface area is 89.9 Å². The number of hydrogen-bond donors (Lipinski definition) is 1. The summed E-state index contributed by atoms with van der Waals surface area (Å²) in [5.74, 6) is 0. The van der Waals surface area contributed by atoms with Crippen LogP contribution in [0.2, 0.25) is 0 Å². The van der Waals surface area contributed by atoms with Gasteiger partial charge in [-0.05, 0) is 38.6 Å². The standard InChI is InChI=1S/C12H28N2/c1-7-8-14(10-13)12(5,6)9-11(2,3)4/h7-10,13H2,1-6H3. The SMILES string of the molecule is CCCN(CN)C(C)(C)CC(C)(C)C. The van der Waals surface area contributed by atoms with Crippen LogP contribution in [0.3, 0.4) is 0 Å². The summed E-state index contributed by atoms with van der Waals surface area (Å²) >= 11 is 0. The van der Waals surface area contributed by atoms with E-state index in [9.17, 15) is 0 Å². The molecule has 0 aliphatic carbocycles. The Balaban J connectivity index is 4.40. The summed E-state index contributed by atoms with van der Waals surface area (Å²) in [7, 11) is 0. The first kappa shape index (κ1) is 13.9. The van der Waals surface area contributed by atoms with Crippen LogP contribution in [-0.4, -0.2) is 23.7 Å². The molecule has 0 radical (unpaired) electrons. The average Bonchev–Trinajstić information content (AvgIpc) is 1.94. The minimum Gasteiger partial charge on any atom is -0.318 e. The van der Waals surface area contributed by atoms with E-state index in [0.29, 0.717) is 12.1 Å². The molecular formula is C12H28N2. The summed E-state index contributed by atoms with van der Waals surface area (Å²) in [5, 5.41) is 0. The first-order chi connectivity index (χ1) is 6.23. The molecule has 0 heterocycles. The third kappa shape index (κ3) is 4.97. The van der Waals surface area contributed by atoms with Gasteiger partial charge in [0.25, 0.3) is 0 Å². The van der Waals surface area contributed by atoms with Crippen molar-refractivity contribution < 1.29 is 0 Å². The molecule has 2 N–H and O–H groups in total. The van der Waals surface area contributed by atoms with Gasteiger partial charge in [0.15, 0.2) is 0 Å². The zero-order valence-corrected chi connectivity index (χ0v) is 10.9. The Bertz CT molecular complexity index is 156. The first-order valence-corrected chi connectivity index (χ1v) is 5.68. The summed E-state index contributed by atoms with van der Waals surface area (Å²) in [6.45, 7) is 15.4. The zero-order chi connectivity index (χ0) is 11.4. The summed E-state index contributed by atoms with van der Waals surface area (Å²) in [4.78, 5) is 2.37. The van der Waals surface area contributed by atoms with Crippen molar-refractivity contribution in [3.8, 4) is 0 Å². The van der Waals surface area contributed by atoms with E-state index in [1.807, 2.05) is 0 Å². The molecule has 0 unspecified atom stereocenters. The molecule has 14 heavy (non-hydrogen) atoms. The molecular weight excluding hydrogens is 172 g/mol. The van der Waals surface area contributed by atoms with E-state index in [4.69, 9.17) is 5.73 Å². The van der Waals surface area contributed by atoms with Gasteiger partial charge in [0.1, 0.15) is 0 Å². The monoisotopic (exact) mass is 200 g/mol. The molecule has 0 spiro atoms. The fourth-order valence-electron chi connectivity index (χ4n) is 2.32. The minimum absolute atomic E-state index is 0.211. The van der Waals surface area contributed by atoms with Crippen molar-refractivity contribution in [2.45, 2.75) is 59.9 Å². The van der Waals surface area contributed by atoms with Gasteiger partial charge in [-0.15, -0.1) is 0 Å². The lowest BCUT2D eigenvalue weighted by atomic mass is 9.81. The smallest absolute Gasteiger partial charge is 0.0460 e. The second-order valence-corrected chi connectivity index (χ2v) is 6.00. The third-order valence-corrected chi connectivity index (χ3v) is 2.53. The molecule has 0 aromatic heterocycles. The predicted octanol–water partition coefficient (Wildman–Crippen LogP) is 2.83. The highest BCUT2D eigenvalue weighted by Gasteiger charge is 2.30. The molecule has 0 saturated heterocycles. The van der Waals surface area contributed by atoms with Gasteiger partial charge in [0.05, 0.1) is 0 Å². The third-order valence-electron chi connectivity index (χ3n) is 2.53. The minimum atomic E-state index is 0.211. The van der Waals surface area contributed by atoms with E-state index in [2.05, 4.69) is 46.4 Å². The van der Waals surface area contributed by atoms with Crippen LogP contribution < -0.4 is 5.73 Å². The second kappa shape index (κ2) is 5.13. The van der Waals surface area contributed by atoms with Crippen molar-refractivity contribution in [1.82, 2.24) is 4.90 Å². The molecule has 86 valence electrons. The Kier molecular flexibility index (Phi) is 5.10. The highest BCUT2D eigenvalue weighted by atomic mass is 15.2. The fourth-order valence-corrected chi connectivity index (χ4v) is 2.32. The molecule has 0 atom stereocenters. The lowest BCUT2D eigenvalue weighted by Crippen LogP contribution is -2.49. The van der Waals surface area contributed by atoms with Crippen LogP contribution in [0.4, 0.5) is 0 Å². The summed E-state index contributed by atoms with van der Waals surface area (Å²) in [5.41, 5.74) is 6.37. The molecule has 2 heteroatoms. The van der Waals surface area contributed by atoms with Crippen LogP contribution in [0.5, 0.6) is 0 Å². The van der Waals surface area contributed by atoms with Gasteiger partial charge < -0.3 is 5.73 Å². The summed E-state index contributed by atoms with van der Waals surface area (Å²) in [6.07, 6.45) is 2.35. The largest absolute Gasteiger partial charge is 0.318 e. The summed E-state index contributed by atoms with van der Waals surface area (Å²) in [6, 6.07) is 0. The molecule has 0 amide bonds. The van der Waals surface area contributed by atoms with Crippen LogP contribution in [0.15, 0.2) is 0 Å². The Morgan fingerprint density at radius 1 is 1.07 bits per heavy atom. The normalized spacial score (nSPS) is 13.7. The van der Waals surface area contributed by atoms with Gasteiger partial charge in [-0.3, -0.25) is 4.90 Å². The molecule has 0 bridgehead atoms. The molecule has 0 saturated carbocycles. The quantitative estimate of drug-likeness (QED) is 0.691. The van der Waals surface area contributed by atoms with Crippen LogP contribution >= 0.6 is 0 Å². The van der Waals surface area contributed by atoms with E-state index in [1.54, 1.807) is 0 Å². The molecule has 0 aliphatic rings. The van der Waals surface area contributed by atoms with Gasteiger partial charge in [0.2, 0.25) is 0 Å². The predicted molar refractivity (Wildman–Crippen MR) is 64.2 cm³/mol. The van der Waals surface area contributed by atoms with Crippen molar-refractivity contribution >= 4 is 0 Å². The number of hydrogen-bond acceptors (Lipinski definition) is 2. The van der Waals surface area contributed by atoms with E-state index < -0.39 is 0 Å². The number of nitrogens with two attached hydrogens (primary N) is 1. The Morgan fingerprint density at radius 3 is 1.86 bits per heavy atom. The van der Waals surface area contributed by atoms with Crippen molar-refractivity contribution in [2.75, 3.05) is 13.2 Å². The van der Waals surface area contributed by atoms with Crippen LogP contribution in [0.25, 0.3) is 0 Å². The number of rotatable bonds is 5. The van der Waals surface area contributed by atoms with Crippen LogP contribution in [0, 0.1) is 5.41 Å². The second-order valence-electron chi connectivity index (χ2n) is 6.00. The Hall–Kier alpha value is -0.0800. The topological polar surface area (TPSA) is 29.3 Å². The zero-order valence-electron chi connectivity index (χ0n) is 10.9. The Morgan fingerprint density at radius 2 is 1.57 bits per heavy atom. The molecule has 0 aromatic carbocycles. The average molecular weight is 200 g/mol. The summed E-state index contributed by atoms with van der Waals surface area (Å²) < 4.78 is 0. The van der Waals surface area contributed by atoms with Crippen molar-refractivity contribution in [3.05, 3.63) is 0 Å². The van der Waals surface area contributed by atoms with Crippen molar-refractivity contribution in [1.29, 1.82) is 0 Å². The molecule has 2 nitrogen and oxygen atoms in total. The molecule has 0 rings (SSSR count). The van der Waals surface area contributed by atoms with Crippen LogP contribution in [0.1, 0.15) is 54.4 Å². The van der Waals surface area contributed by atoms with Crippen LogP contribution in [-0.2, 0) is 0 Å². The van der Waals surface area contributed by atoms with Gasteiger partial charge in [-0.1, -0.05) is 27.7 Å². The van der Waals surface area contributed by atoms with E-state index >= 15 is 0 Å². The van der Waals surface area contributed by atoms with Gasteiger partial charge in [0, 0.05) is 12.2 Å². The maximum Gasteiger partial charge on any atom is 0.0460 e. The van der Waals surface area contributed by atoms with Crippen molar-refractivity contribution in [3.63, 3.8) is 0 Å².